The molecule has 0 fully saturated rings. The molecular weight excluding hydrogens is 324 g/mol. The largest absolute Gasteiger partial charge is 0.493 e. The number of allylic oxidation sites excluding steroid dienone is 1. The first-order chi connectivity index (χ1) is 12.0. The van der Waals surface area contributed by atoms with E-state index in [1.54, 1.807) is 24.3 Å². The van der Waals surface area contributed by atoms with Crippen molar-refractivity contribution in [1.29, 1.82) is 5.26 Å². The molecular formula is C18H16N2O5. The van der Waals surface area contributed by atoms with Gasteiger partial charge in [0.05, 0.1) is 37.4 Å². The van der Waals surface area contributed by atoms with E-state index in [-0.39, 0.29) is 16.8 Å². The van der Waals surface area contributed by atoms with E-state index in [1.807, 2.05) is 6.07 Å². The number of nitrogens with zero attached hydrogens (tertiary/aromatic N) is 2. The number of para-hydroxylation sites is 1. The van der Waals surface area contributed by atoms with Crippen LogP contribution in [0.15, 0.2) is 36.4 Å². The van der Waals surface area contributed by atoms with Crippen LogP contribution in [-0.2, 0) is 0 Å². The molecule has 0 amide bonds. The Hall–Kier alpha value is -3.53. The minimum Gasteiger partial charge on any atom is -0.493 e. The van der Waals surface area contributed by atoms with Gasteiger partial charge >= 0.3 is 0 Å². The van der Waals surface area contributed by atoms with Crippen LogP contribution < -0.4 is 14.2 Å². The summed E-state index contributed by atoms with van der Waals surface area (Å²) >= 11 is 0. The quantitative estimate of drug-likeness (QED) is 0.344. The lowest BCUT2D eigenvalue weighted by Gasteiger charge is -2.13. The molecule has 0 unspecified atom stereocenters. The van der Waals surface area contributed by atoms with E-state index in [1.165, 1.54) is 39.5 Å². The summed E-state index contributed by atoms with van der Waals surface area (Å²) in [7, 11) is 4.46. The molecule has 0 saturated heterocycles. The summed E-state index contributed by atoms with van der Waals surface area (Å²) in [6.07, 6.45) is 1.53. The van der Waals surface area contributed by atoms with Crippen LogP contribution in [0.1, 0.15) is 11.1 Å². The Morgan fingerprint density at radius 1 is 1.12 bits per heavy atom. The van der Waals surface area contributed by atoms with E-state index in [0.717, 1.165) is 0 Å². The topological polar surface area (TPSA) is 94.6 Å². The van der Waals surface area contributed by atoms with Gasteiger partial charge in [-0.2, -0.15) is 5.26 Å². The minimum atomic E-state index is -0.518. The maximum atomic E-state index is 11.2. The smallest absolute Gasteiger partial charge is 0.277 e. The highest BCUT2D eigenvalue weighted by atomic mass is 16.6. The molecule has 2 rings (SSSR count). The fraction of sp³-hybridized carbons (Fsp3) is 0.167. The molecule has 7 heteroatoms. The van der Waals surface area contributed by atoms with Crippen LogP contribution >= 0.6 is 0 Å². The molecule has 0 saturated carbocycles. The summed E-state index contributed by atoms with van der Waals surface area (Å²) in [5, 5.41) is 20.7. The molecule has 0 bridgehead atoms. The zero-order chi connectivity index (χ0) is 18.4. The van der Waals surface area contributed by atoms with Gasteiger partial charge in [0.2, 0.25) is 5.75 Å². The van der Waals surface area contributed by atoms with Gasteiger partial charge in [-0.05, 0) is 29.8 Å². The van der Waals surface area contributed by atoms with Crippen LogP contribution in [0.2, 0.25) is 0 Å². The van der Waals surface area contributed by atoms with E-state index in [4.69, 9.17) is 14.2 Å². The first kappa shape index (κ1) is 17.8. The highest BCUT2D eigenvalue weighted by Gasteiger charge is 2.17. The van der Waals surface area contributed by atoms with E-state index >= 15 is 0 Å². The normalized spacial score (nSPS) is 10.7. The molecule has 128 valence electrons. The maximum Gasteiger partial charge on any atom is 0.277 e. The van der Waals surface area contributed by atoms with E-state index in [2.05, 4.69) is 0 Å². The second-order valence-corrected chi connectivity index (χ2v) is 4.90. The van der Waals surface area contributed by atoms with Gasteiger partial charge in [-0.25, -0.2) is 0 Å². The number of nitriles is 1. The van der Waals surface area contributed by atoms with Gasteiger partial charge in [-0.1, -0.05) is 12.1 Å². The fourth-order valence-corrected chi connectivity index (χ4v) is 2.38. The van der Waals surface area contributed by atoms with Crippen molar-refractivity contribution < 1.29 is 19.1 Å². The number of benzene rings is 2. The first-order valence-electron chi connectivity index (χ1n) is 7.21. The Morgan fingerprint density at radius 2 is 1.72 bits per heavy atom. The minimum absolute atomic E-state index is 0.136. The third kappa shape index (κ3) is 3.70. The van der Waals surface area contributed by atoms with Crippen LogP contribution in [0, 0.1) is 21.4 Å². The average molecular weight is 340 g/mol. The van der Waals surface area contributed by atoms with Crippen molar-refractivity contribution >= 4 is 17.3 Å². The molecule has 0 aliphatic heterocycles. The van der Waals surface area contributed by atoms with E-state index in [0.29, 0.717) is 22.8 Å². The first-order valence-corrected chi connectivity index (χ1v) is 7.21. The highest BCUT2D eigenvalue weighted by Crippen LogP contribution is 2.39. The standard InChI is InChI=1S/C18H16N2O5/c1-23-16-9-12(10-17(24-2)18(16)25-3)8-13(11-19)14-6-4-5-7-15(14)20(21)22/h4-10H,1-3H3/b13-8-. The van der Waals surface area contributed by atoms with E-state index in [9.17, 15) is 15.4 Å². The van der Waals surface area contributed by atoms with Gasteiger partial charge in [0.15, 0.2) is 11.5 Å². The highest BCUT2D eigenvalue weighted by molar-refractivity contribution is 5.93. The molecule has 0 N–H and O–H groups in total. The van der Waals surface area contributed by atoms with Crippen LogP contribution in [-0.4, -0.2) is 26.3 Å². The van der Waals surface area contributed by atoms with Gasteiger partial charge in [0, 0.05) is 6.07 Å². The number of hydrogen-bond donors (Lipinski definition) is 0. The van der Waals surface area contributed by atoms with Crippen molar-refractivity contribution in [3.8, 4) is 23.3 Å². The van der Waals surface area contributed by atoms with Crippen molar-refractivity contribution in [3.63, 3.8) is 0 Å². The summed E-state index contributed by atoms with van der Waals surface area (Å²) in [5.41, 5.74) is 0.845. The third-order valence-corrected chi connectivity index (χ3v) is 3.51. The molecule has 0 radical (unpaired) electrons. The molecule has 0 aliphatic carbocycles. The lowest BCUT2D eigenvalue weighted by molar-refractivity contribution is -0.385. The van der Waals surface area contributed by atoms with Gasteiger partial charge in [-0.15, -0.1) is 0 Å². The second kappa shape index (κ2) is 7.84. The van der Waals surface area contributed by atoms with E-state index < -0.39 is 4.92 Å². The predicted octanol–water partition coefficient (Wildman–Crippen LogP) is 3.68. The van der Waals surface area contributed by atoms with Crippen molar-refractivity contribution in [2.24, 2.45) is 0 Å². The lowest BCUT2D eigenvalue weighted by Crippen LogP contribution is -1.96. The number of ether oxygens (including phenoxy) is 3. The number of nitro benzene ring substituents is 1. The molecule has 7 nitrogen and oxygen atoms in total. The number of methoxy groups -OCH3 is 3. The van der Waals surface area contributed by atoms with Crippen LogP contribution in [0.25, 0.3) is 11.6 Å². The molecule has 0 atom stereocenters. The average Bonchev–Trinajstić information content (AvgIpc) is 2.64. The van der Waals surface area contributed by atoms with Crippen LogP contribution in [0.4, 0.5) is 5.69 Å². The Labute approximate surface area is 144 Å². The van der Waals surface area contributed by atoms with Gasteiger partial charge in [0.1, 0.15) is 6.07 Å². The summed E-state index contributed by atoms with van der Waals surface area (Å²) in [4.78, 5) is 10.7. The summed E-state index contributed by atoms with van der Waals surface area (Å²) < 4.78 is 15.8. The molecule has 2 aromatic rings. The maximum absolute atomic E-state index is 11.2. The number of nitro groups is 1. The zero-order valence-corrected chi connectivity index (χ0v) is 14.0. The fourth-order valence-electron chi connectivity index (χ4n) is 2.38. The molecule has 0 spiro atoms. The molecule has 25 heavy (non-hydrogen) atoms. The molecule has 2 aromatic carbocycles. The summed E-state index contributed by atoms with van der Waals surface area (Å²) in [5.74, 6) is 1.27. The van der Waals surface area contributed by atoms with Gasteiger partial charge in [0.25, 0.3) is 5.69 Å². The lowest BCUT2D eigenvalue weighted by atomic mass is 10.0. The van der Waals surface area contributed by atoms with Crippen molar-refractivity contribution in [2.45, 2.75) is 0 Å². The Bertz CT molecular complexity index is 843. The monoisotopic (exact) mass is 340 g/mol. The summed E-state index contributed by atoms with van der Waals surface area (Å²) in [6, 6.07) is 11.4. The second-order valence-electron chi connectivity index (χ2n) is 4.90. The Kier molecular flexibility index (Phi) is 5.58. The molecule has 0 heterocycles. The number of hydrogen-bond acceptors (Lipinski definition) is 6. The predicted molar refractivity (Wildman–Crippen MR) is 92.7 cm³/mol. The van der Waals surface area contributed by atoms with Gasteiger partial charge in [-0.3, -0.25) is 10.1 Å². The van der Waals surface area contributed by atoms with Crippen molar-refractivity contribution in [2.75, 3.05) is 21.3 Å². The van der Waals surface area contributed by atoms with Crippen LogP contribution in [0.5, 0.6) is 17.2 Å². The Morgan fingerprint density at radius 3 is 2.20 bits per heavy atom. The van der Waals surface area contributed by atoms with Gasteiger partial charge < -0.3 is 14.2 Å². The van der Waals surface area contributed by atoms with Crippen molar-refractivity contribution in [3.05, 3.63) is 57.6 Å². The molecule has 0 aliphatic rings. The number of rotatable bonds is 6. The summed E-state index contributed by atoms with van der Waals surface area (Å²) in [6.45, 7) is 0. The SMILES string of the molecule is COc1cc(/C=C(/C#N)c2ccccc2[N+](=O)[O-])cc(OC)c1OC. The zero-order valence-electron chi connectivity index (χ0n) is 14.0. The van der Waals surface area contributed by atoms with Crippen molar-refractivity contribution in [1.82, 2.24) is 0 Å². The van der Waals surface area contributed by atoms with Crippen LogP contribution in [0.3, 0.4) is 0 Å². The third-order valence-electron chi connectivity index (χ3n) is 3.51. The molecule has 0 aromatic heterocycles. The Balaban J connectivity index is 2.62.